The second-order valence-electron chi connectivity index (χ2n) is 5.44. The predicted octanol–water partition coefficient (Wildman–Crippen LogP) is 1.72. The van der Waals surface area contributed by atoms with E-state index in [0.717, 1.165) is 25.0 Å². The van der Waals surface area contributed by atoms with Crippen LogP contribution in [0.4, 0.5) is 0 Å². The fourth-order valence-corrected chi connectivity index (χ4v) is 2.21. The lowest BCUT2D eigenvalue weighted by Crippen LogP contribution is -2.33. The predicted molar refractivity (Wildman–Crippen MR) is 68.9 cm³/mol. The van der Waals surface area contributed by atoms with Crippen molar-refractivity contribution in [2.45, 2.75) is 38.2 Å². The molecule has 98 valence electrons. The quantitative estimate of drug-likeness (QED) is 0.634. The zero-order valence-electron chi connectivity index (χ0n) is 10.6. The fourth-order valence-electron chi connectivity index (χ4n) is 2.21. The second-order valence-corrected chi connectivity index (χ2v) is 5.44. The lowest BCUT2D eigenvalue weighted by molar-refractivity contribution is 0.0321. The Labute approximate surface area is 104 Å². The van der Waals surface area contributed by atoms with Gasteiger partial charge in [0.25, 0.3) is 0 Å². The molecule has 2 aliphatic rings. The molecule has 2 aliphatic carbocycles. The van der Waals surface area contributed by atoms with E-state index in [-0.39, 0.29) is 6.10 Å². The molecular formula is C14H25NO2. The number of aliphatic hydroxyl groups is 1. The van der Waals surface area contributed by atoms with Crippen LogP contribution in [0, 0.1) is 11.8 Å². The van der Waals surface area contributed by atoms with Crippen LogP contribution in [0.25, 0.3) is 0 Å². The molecule has 0 radical (unpaired) electrons. The summed E-state index contributed by atoms with van der Waals surface area (Å²) in [6.45, 7) is 2.99. The van der Waals surface area contributed by atoms with Crippen LogP contribution in [-0.4, -0.2) is 37.5 Å². The van der Waals surface area contributed by atoms with Crippen LogP contribution < -0.4 is 5.32 Å². The van der Waals surface area contributed by atoms with Crippen LogP contribution in [0.15, 0.2) is 12.2 Å². The number of hydrogen-bond acceptors (Lipinski definition) is 3. The van der Waals surface area contributed by atoms with Crippen LogP contribution in [0.3, 0.4) is 0 Å². The molecule has 0 amide bonds. The normalized spacial score (nSPS) is 26.1. The summed E-state index contributed by atoms with van der Waals surface area (Å²) in [4.78, 5) is 0. The van der Waals surface area contributed by atoms with Crippen LogP contribution in [-0.2, 0) is 4.74 Å². The second kappa shape index (κ2) is 7.14. The van der Waals surface area contributed by atoms with Crippen LogP contribution in [0.5, 0.6) is 0 Å². The van der Waals surface area contributed by atoms with Gasteiger partial charge in [-0.25, -0.2) is 0 Å². The van der Waals surface area contributed by atoms with Gasteiger partial charge >= 0.3 is 0 Å². The molecule has 3 nitrogen and oxygen atoms in total. The van der Waals surface area contributed by atoms with Crippen molar-refractivity contribution in [3.05, 3.63) is 12.2 Å². The monoisotopic (exact) mass is 239 g/mol. The van der Waals surface area contributed by atoms with Gasteiger partial charge in [0.05, 0.1) is 12.7 Å². The molecule has 3 heteroatoms. The highest BCUT2D eigenvalue weighted by Gasteiger charge is 2.21. The minimum atomic E-state index is -0.354. The lowest BCUT2D eigenvalue weighted by atomic mass is 9.94. The van der Waals surface area contributed by atoms with Gasteiger partial charge in [0, 0.05) is 13.2 Å². The van der Waals surface area contributed by atoms with Crippen molar-refractivity contribution in [3.63, 3.8) is 0 Å². The minimum absolute atomic E-state index is 0.354. The molecule has 17 heavy (non-hydrogen) atoms. The first kappa shape index (κ1) is 13.1. The van der Waals surface area contributed by atoms with Crippen molar-refractivity contribution in [1.29, 1.82) is 0 Å². The van der Waals surface area contributed by atoms with Gasteiger partial charge in [0.1, 0.15) is 0 Å². The van der Waals surface area contributed by atoms with Gasteiger partial charge in [0.15, 0.2) is 0 Å². The topological polar surface area (TPSA) is 41.5 Å². The molecule has 0 aliphatic heterocycles. The van der Waals surface area contributed by atoms with E-state index in [1.54, 1.807) is 0 Å². The summed E-state index contributed by atoms with van der Waals surface area (Å²) in [6.07, 6.45) is 10.5. The molecule has 1 saturated carbocycles. The maximum atomic E-state index is 9.71. The van der Waals surface area contributed by atoms with Gasteiger partial charge in [0.2, 0.25) is 0 Å². The molecule has 0 heterocycles. The van der Waals surface area contributed by atoms with Gasteiger partial charge in [-0.3, -0.25) is 0 Å². The Balaban J connectivity index is 1.44. The molecule has 2 unspecified atom stereocenters. The van der Waals surface area contributed by atoms with Gasteiger partial charge in [-0.2, -0.15) is 0 Å². The van der Waals surface area contributed by atoms with Crippen molar-refractivity contribution in [1.82, 2.24) is 5.32 Å². The Kier molecular flexibility index (Phi) is 5.49. The van der Waals surface area contributed by atoms with Crippen LogP contribution in [0.1, 0.15) is 32.1 Å². The van der Waals surface area contributed by atoms with E-state index < -0.39 is 0 Å². The number of ether oxygens (including phenoxy) is 1. The Morgan fingerprint density at radius 2 is 2.12 bits per heavy atom. The van der Waals surface area contributed by atoms with Gasteiger partial charge in [-0.15, -0.1) is 0 Å². The first-order valence-electron chi connectivity index (χ1n) is 6.96. The highest BCUT2D eigenvalue weighted by Crippen LogP contribution is 2.28. The Morgan fingerprint density at radius 1 is 1.24 bits per heavy atom. The average Bonchev–Trinajstić information content (AvgIpc) is 3.14. The van der Waals surface area contributed by atoms with E-state index in [2.05, 4.69) is 17.5 Å². The first-order valence-corrected chi connectivity index (χ1v) is 6.96. The van der Waals surface area contributed by atoms with Crippen LogP contribution >= 0.6 is 0 Å². The van der Waals surface area contributed by atoms with Crippen molar-refractivity contribution < 1.29 is 9.84 Å². The number of nitrogens with one attached hydrogen (secondary N) is 1. The van der Waals surface area contributed by atoms with Crippen molar-refractivity contribution >= 4 is 0 Å². The smallest absolute Gasteiger partial charge is 0.0897 e. The lowest BCUT2D eigenvalue weighted by Gasteiger charge is -2.19. The maximum Gasteiger partial charge on any atom is 0.0897 e. The summed E-state index contributed by atoms with van der Waals surface area (Å²) in [5, 5.41) is 13.1. The fraction of sp³-hybridized carbons (Fsp3) is 0.857. The molecule has 0 spiro atoms. The highest BCUT2D eigenvalue weighted by atomic mass is 16.5. The molecule has 0 aromatic heterocycles. The van der Waals surface area contributed by atoms with Crippen molar-refractivity contribution in [3.8, 4) is 0 Å². The standard InChI is InChI=1S/C14H25NO2/c16-14(11-17-10-13-6-7-13)9-15-8-12-4-2-1-3-5-12/h1-2,12-16H,3-11H2. The number of allylic oxidation sites excluding steroid dienone is 2. The van der Waals surface area contributed by atoms with E-state index in [1.165, 1.54) is 32.1 Å². The summed E-state index contributed by atoms with van der Waals surface area (Å²) in [7, 11) is 0. The number of hydrogen-bond donors (Lipinski definition) is 2. The average molecular weight is 239 g/mol. The molecule has 0 bridgehead atoms. The SMILES string of the molecule is OC(CNCC1CC=CCC1)COCC1CC1. The van der Waals surface area contributed by atoms with E-state index in [0.29, 0.717) is 13.2 Å². The summed E-state index contributed by atoms with van der Waals surface area (Å²) in [5.41, 5.74) is 0. The molecule has 2 rings (SSSR count). The van der Waals surface area contributed by atoms with E-state index >= 15 is 0 Å². The molecule has 0 aromatic carbocycles. The molecule has 1 fully saturated rings. The van der Waals surface area contributed by atoms with Gasteiger partial charge in [-0.1, -0.05) is 12.2 Å². The Hall–Kier alpha value is -0.380. The summed E-state index contributed by atoms with van der Waals surface area (Å²) < 4.78 is 5.46. The summed E-state index contributed by atoms with van der Waals surface area (Å²) in [6, 6.07) is 0. The molecule has 0 saturated heterocycles. The van der Waals surface area contributed by atoms with E-state index in [4.69, 9.17) is 4.74 Å². The summed E-state index contributed by atoms with van der Waals surface area (Å²) in [5.74, 6) is 1.53. The largest absolute Gasteiger partial charge is 0.389 e. The highest BCUT2D eigenvalue weighted by molar-refractivity contribution is 4.90. The third-order valence-corrected chi connectivity index (χ3v) is 3.55. The van der Waals surface area contributed by atoms with Crippen molar-refractivity contribution in [2.24, 2.45) is 11.8 Å². The van der Waals surface area contributed by atoms with E-state index in [9.17, 15) is 5.11 Å². The van der Waals surface area contributed by atoms with Gasteiger partial charge < -0.3 is 15.2 Å². The zero-order valence-corrected chi connectivity index (χ0v) is 10.6. The van der Waals surface area contributed by atoms with Gasteiger partial charge in [-0.05, 0) is 50.5 Å². The summed E-state index contributed by atoms with van der Waals surface area (Å²) >= 11 is 0. The molecule has 2 atom stereocenters. The zero-order chi connectivity index (χ0) is 11.9. The maximum absolute atomic E-state index is 9.71. The Bertz CT molecular complexity index is 238. The van der Waals surface area contributed by atoms with Crippen molar-refractivity contribution in [2.75, 3.05) is 26.3 Å². The Morgan fingerprint density at radius 3 is 2.82 bits per heavy atom. The first-order chi connectivity index (χ1) is 8.34. The third kappa shape index (κ3) is 5.66. The number of rotatable bonds is 8. The molecule has 2 N–H and O–H groups in total. The minimum Gasteiger partial charge on any atom is -0.389 e. The molecular weight excluding hydrogens is 214 g/mol. The molecule has 0 aromatic rings. The third-order valence-electron chi connectivity index (χ3n) is 3.55. The van der Waals surface area contributed by atoms with Crippen LogP contribution in [0.2, 0.25) is 0 Å². The number of aliphatic hydroxyl groups excluding tert-OH is 1. The van der Waals surface area contributed by atoms with E-state index in [1.807, 2.05) is 0 Å².